The third-order valence-corrected chi connectivity index (χ3v) is 3.67. The monoisotopic (exact) mass is 300 g/mol. The van der Waals surface area contributed by atoms with Crippen molar-refractivity contribution in [1.82, 2.24) is 20.6 Å². The number of aromatic nitrogens is 2. The van der Waals surface area contributed by atoms with Gasteiger partial charge < -0.3 is 10.6 Å². The Balaban J connectivity index is 1.64. The molecular weight excluding hydrogens is 283 g/mol. The van der Waals surface area contributed by atoms with E-state index in [0.717, 1.165) is 30.6 Å². The van der Waals surface area contributed by atoms with Crippen molar-refractivity contribution in [1.29, 1.82) is 0 Å². The highest BCUT2D eigenvalue weighted by atomic mass is 19.1. The lowest BCUT2D eigenvalue weighted by atomic mass is 10.1. The van der Waals surface area contributed by atoms with E-state index in [-0.39, 0.29) is 17.8 Å². The number of carbonyl (C=O) groups is 1. The van der Waals surface area contributed by atoms with Gasteiger partial charge in [0.2, 0.25) is 0 Å². The molecular formula is C16H17FN4O. The summed E-state index contributed by atoms with van der Waals surface area (Å²) in [5, 5.41) is 6.10. The number of hydrogen-bond donors (Lipinski definition) is 2. The molecule has 1 aliphatic rings. The fraction of sp³-hybridized carbons (Fsp3) is 0.312. The van der Waals surface area contributed by atoms with E-state index in [4.69, 9.17) is 0 Å². The SMILES string of the molecule is O=C(NCc1ccc(F)cc1)c1cncc(C2CCCN2)n1. The molecule has 1 saturated heterocycles. The minimum Gasteiger partial charge on any atom is -0.347 e. The molecule has 1 atom stereocenters. The second-order valence-electron chi connectivity index (χ2n) is 5.29. The van der Waals surface area contributed by atoms with Crippen molar-refractivity contribution in [3.8, 4) is 0 Å². The van der Waals surface area contributed by atoms with Crippen LogP contribution in [-0.2, 0) is 6.54 Å². The zero-order chi connectivity index (χ0) is 15.4. The van der Waals surface area contributed by atoms with Crippen LogP contribution < -0.4 is 10.6 Å². The summed E-state index contributed by atoms with van der Waals surface area (Å²) in [5.41, 5.74) is 1.93. The van der Waals surface area contributed by atoms with Gasteiger partial charge in [-0.3, -0.25) is 9.78 Å². The molecule has 1 aromatic heterocycles. The Morgan fingerprint density at radius 3 is 2.86 bits per heavy atom. The van der Waals surface area contributed by atoms with Crippen molar-refractivity contribution in [2.75, 3.05) is 6.54 Å². The van der Waals surface area contributed by atoms with Crippen LogP contribution in [0.4, 0.5) is 4.39 Å². The highest BCUT2D eigenvalue weighted by Crippen LogP contribution is 2.20. The normalized spacial score (nSPS) is 17.4. The number of hydrogen-bond acceptors (Lipinski definition) is 4. The Morgan fingerprint density at radius 1 is 1.32 bits per heavy atom. The van der Waals surface area contributed by atoms with Gasteiger partial charge in [0, 0.05) is 6.54 Å². The fourth-order valence-corrected chi connectivity index (χ4v) is 2.47. The van der Waals surface area contributed by atoms with Crippen LogP contribution in [0.2, 0.25) is 0 Å². The van der Waals surface area contributed by atoms with Crippen LogP contribution in [0.15, 0.2) is 36.7 Å². The predicted octanol–water partition coefficient (Wildman–Crippen LogP) is 1.97. The van der Waals surface area contributed by atoms with Gasteiger partial charge in [0.15, 0.2) is 0 Å². The summed E-state index contributed by atoms with van der Waals surface area (Å²) in [7, 11) is 0. The maximum absolute atomic E-state index is 12.8. The molecule has 2 N–H and O–H groups in total. The summed E-state index contributed by atoms with van der Waals surface area (Å²) in [6.45, 7) is 1.29. The molecule has 22 heavy (non-hydrogen) atoms. The average Bonchev–Trinajstić information content (AvgIpc) is 3.09. The van der Waals surface area contributed by atoms with E-state index in [2.05, 4.69) is 20.6 Å². The lowest BCUT2D eigenvalue weighted by Crippen LogP contribution is -2.25. The molecule has 1 amide bonds. The number of amides is 1. The number of rotatable bonds is 4. The third kappa shape index (κ3) is 3.46. The summed E-state index contributed by atoms with van der Waals surface area (Å²) < 4.78 is 12.8. The number of carbonyl (C=O) groups excluding carboxylic acids is 1. The van der Waals surface area contributed by atoms with Gasteiger partial charge in [0.05, 0.1) is 24.1 Å². The zero-order valence-electron chi connectivity index (χ0n) is 12.1. The van der Waals surface area contributed by atoms with Gasteiger partial charge in [-0.05, 0) is 37.1 Å². The maximum Gasteiger partial charge on any atom is 0.271 e. The van der Waals surface area contributed by atoms with Crippen LogP contribution in [0, 0.1) is 5.82 Å². The fourth-order valence-electron chi connectivity index (χ4n) is 2.47. The molecule has 5 nitrogen and oxygen atoms in total. The Bertz CT molecular complexity index is 653. The lowest BCUT2D eigenvalue weighted by Gasteiger charge is -2.10. The van der Waals surface area contributed by atoms with Crippen molar-refractivity contribution in [3.05, 3.63) is 59.4 Å². The van der Waals surface area contributed by atoms with Crippen LogP contribution >= 0.6 is 0 Å². The first-order valence-corrected chi connectivity index (χ1v) is 7.30. The van der Waals surface area contributed by atoms with Gasteiger partial charge in [-0.25, -0.2) is 9.37 Å². The van der Waals surface area contributed by atoms with Crippen molar-refractivity contribution in [3.63, 3.8) is 0 Å². The summed E-state index contributed by atoms with van der Waals surface area (Å²) in [6, 6.07) is 6.19. The van der Waals surface area contributed by atoms with Crippen molar-refractivity contribution >= 4 is 5.91 Å². The van der Waals surface area contributed by atoms with Crippen molar-refractivity contribution < 1.29 is 9.18 Å². The second-order valence-corrected chi connectivity index (χ2v) is 5.29. The van der Waals surface area contributed by atoms with Gasteiger partial charge in [-0.2, -0.15) is 0 Å². The van der Waals surface area contributed by atoms with Crippen LogP contribution in [0.25, 0.3) is 0 Å². The van der Waals surface area contributed by atoms with Gasteiger partial charge in [0.25, 0.3) is 5.91 Å². The van der Waals surface area contributed by atoms with Gasteiger partial charge in [-0.1, -0.05) is 12.1 Å². The molecule has 114 valence electrons. The van der Waals surface area contributed by atoms with Gasteiger partial charge in [-0.15, -0.1) is 0 Å². The van der Waals surface area contributed by atoms with Crippen molar-refractivity contribution in [2.24, 2.45) is 0 Å². The Kier molecular flexibility index (Phi) is 4.39. The minimum absolute atomic E-state index is 0.178. The maximum atomic E-state index is 12.8. The molecule has 0 radical (unpaired) electrons. The van der Waals surface area contributed by atoms with Gasteiger partial charge >= 0.3 is 0 Å². The molecule has 0 aliphatic carbocycles. The molecule has 1 unspecified atom stereocenters. The number of benzene rings is 1. The largest absolute Gasteiger partial charge is 0.347 e. The van der Waals surface area contributed by atoms with E-state index in [9.17, 15) is 9.18 Å². The first kappa shape index (κ1) is 14.6. The highest BCUT2D eigenvalue weighted by Gasteiger charge is 2.19. The molecule has 1 aliphatic heterocycles. The predicted molar refractivity (Wildman–Crippen MR) is 79.6 cm³/mol. The topological polar surface area (TPSA) is 66.9 Å². The van der Waals surface area contributed by atoms with E-state index in [1.807, 2.05) is 0 Å². The number of nitrogens with one attached hydrogen (secondary N) is 2. The molecule has 2 heterocycles. The zero-order valence-corrected chi connectivity index (χ0v) is 12.1. The quantitative estimate of drug-likeness (QED) is 0.906. The smallest absolute Gasteiger partial charge is 0.271 e. The van der Waals surface area contributed by atoms with E-state index < -0.39 is 0 Å². The van der Waals surface area contributed by atoms with E-state index in [1.165, 1.54) is 18.3 Å². The van der Waals surface area contributed by atoms with Crippen LogP contribution in [0.1, 0.15) is 40.6 Å². The first-order valence-electron chi connectivity index (χ1n) is 7.30. The van der Waals surface area contributed by atoms with Crippen LogP contribution in [0.5, 0.6) is 0 Å². The average molecular weight is 300 g/mol. The molecule has 0 saturated carbocycles. The number of nitrogens with zero attached hydrogens (tertiary/aromatic N) is 2. The third-order valence-electron chi connectivity index (χ3n) is 3.67. The Morgan fingerprint density at radius 2 is 2.14 bits per heavy atom. The van der Waals surface area contributed by atoms with E-state index >= 15 is 0 Å². The molecule has 0 bridgehead atoms. The molecule has 1 fully saturated rings. The summed E-state index contributed by atoms with van der Waals surface area (Å²) >= 11 is 0. The van der Waals surface area contributed by atoms with Gasteiger partial charge in [0.1, 0.15) is 11.5 Å². The molecule has 0 spiro atoms. The Labute approximate surface area is 128 Å². The lowest BCUT2D eigenvalue weighted by molar-refractivity contribution is 0.0945. The van der Waals surface area contributed by atoms with Crippen molar-refractivity contribution in [2.45, 2.75) is 25.4 Å². The highest BCUT2D eigenvalue weighted by molar-refractivity contribution is 5.91. The summed E-state index contributed by atoms with van der Waals surface area (Å²) in [4.78, 5) is 20.6. The number of halogens is 1. The van der Waals surface area contributed by atoms with E-state index in [1.54, 1.807) is 18.3 Å². The molecule has 6 heteroatoms. The van der Waals surface area contributed by atoms with E-state index in [0.29, 0.717) is 12.2 Å². The first-order chi connectivity index (χ1) is 10.7. The molecule has 2 aromatic rings. The Hall–Kier alpha value is -2.34. The molecule has 1 aromatic carbocycles. The van der Waals surface area contributed by atoms with Crippen LogP contribution in [0.3, 0.4) is 0 Å². The standard InChI is InChI=1S/C16H17FN4O/c17-12-5-3-11(4-6-12)8-20-16(22)15-10-18-9-14(21-15)13-2-1-7-19-13/h3-6,9-10,13,19H,1-2,7-8H2,(H,20,22). The summed E-state index contributed by atoms with van der Waals surface area (Å²) in [5.74, 6) is -0.575. The minimum atomic E-state index is -0.294. The van der Waals surface area contributed by atoms with Crippen LogP contribution in [-0.4, -0.2) is 22.4 Å². The second kappa shape index (κ2) is 6.62. The molecule has 3 rings (SSSR count). The summed E-state index contributed by atoms with van der Waals surface area (Å²) in [6.07, 6.45) is 5.26.